The lowest BCUT2D eigenvalue weighted by atomic mass is 10.3. The highest BCUT2D eigenvalue weighted by Gasteiger charge is 2.17. The van der Waals surface area contributed by atoms with Crippen LogP contribution in [0.5, 0.6) is 0 Å². The number of nitrogens with zero attached hydrogens (tertiary/aromatic N) is 3. The zero-order valence-electron chi connectivity index (χ0n) is 14.6. The second kappa shape index (κ2) is 8.00. The zero-order chi connectivity index (χ0) is 17.6. The Morgan fingerprint density at radius 3 is 2.64 bits per heavy atom. The van der Waals surface area contributed by atoms with Crippen molar-refractivity contribution in [2.75, 3.05) is 26.2 Å². The maximum absolute atomic E-state index is 11.9. The van der Waals surface area contributed by atoms with Crippen molar-refractivity contribution in [2.45, 2.75) is 32.7 Å². The Hall–Kier alpha value is -2.57. The van der Waals surface area contributed by atoms with Crippen LogP contribution in [-0.2, 0) is 11.3 Å². The number of likely N-dealkylation sites (tertiary alicyclic amines) is 1. The Morgan fingerprint density at radius 1 is 1.12 bits per heavy atom. The van der Waals surface area contributed by atoms with Crippen LogP contribution < -0.4 is 10.6 Å². The molecule has 1 aliphatic heterocycles. The second-order valence-electron chi connectivity index (χ2n) is 6.32. The molecular formula is C18H25N5O2. The Bertz CT molecular complexity index is 749. The van der Waals surface area contributed by atoms with Crippen LogP contribution in [0.4, 0.5) is 4.79 Å². The fourth-order valence-corrected chi connectivity index (χ4v) is 3.23. The Kier molecular flexibility index (Phi) is 5.53. The molecule has 2 N–H and O–H groups in total. The van der Waals surface area contributed by atoms with Gasteiger partial charge in [-0.3, -0.25) is 4.79 Å². The molecule has 1 aromatic heterocycles. The predicted octanol–water partition coefficient (Wildman–Crippen LogP) is 1.66. The minimum atomic E-state index is -0.240. The highest BCUT2D eigenvalue weighted by Crippen LogP contribution is 2.14. The maximum Gasteiger partial charge on any atom is 0.314 e. The van der Waals surface area contributed by atoms with Crippen molar-refractivity contribution in [1.82, 2.24) is 25.1 Å². The van der Waals surface area contributed by atoms with E-state index in [1.165, 1.54) is 0 Å². The molecule has 0 spiro atoms. The van der Waals surface area contributed by atoms with Gasteiger partial charge >= 0.3 is 6.03 Å². The highest BCUT2D eigenvalue weighted by atomic mass is 16.2. The average Bonchev–Trinajstić information content (AvgIpc) is 3.23. The number of urea groups is 1. The van der Waals surface area contributed by atoms with Crippen molar-refractivity contribution < 1.29 is 9.59 Å². The van der Waals surface area contributed by atoms with Crippen LogP contribution in [0, 0.1) is 6.92 Å². The van der Waals surface area contributed by atoms with Crippen molar-refractivity contribution in [1.29, 1.82) is 0 Å². The summed E-state index contributed by atoms with van der Waals surface area (Å²) in [6, 6.07) is 7.72. The smallest absolute Gasteiger partial charge is 0.314 e. The minimum absolute atomic E-state index is 0.123. The number of para-hydroxylation sites is 2. The summed E-state index contributed by atoms with van der Waals surface area (Å²) >= 11 is 0. The Balaban J connectivity index is 1.39. The lowest BCUT2D eigenvalue weighted by Crippen LogP contribution is -2.39. The number of imidazole rings is 1. The number of carbonyl (C=O) groups is 2. The van der Waals surface area contributed by atoms with E-state index >= 15 is 0 Å². The van der Waals surface area contributed by atoms with Gasteiger partial charge in [0.25, 0.3) is 0 Å². The number of amides is 3. The average molecular weight is 343 g/mol. The summed E-state index contributed by atoms with van der Waals surface area (Å²) in [5.41, 5.74) is 2.03. The molecule has 0 unspecified atom stereocenters. The molecule has 1 saturated heterocycles. The molecule has 2 aromatic rings. The minimum Gasteiger partial charge on any atom is -0.343 e. The van der Waals surface area contributed by atoms with Crippen LogP contribution in [0.25, 0.3) is 11.0 Å². The van der Waals surface area contributed by atoms with E-state index in [1.807, 2.05) is 36.1 Å². The number of aromatic nitrogens is 2. The van der Waals surface area contributed by atoms with Gasteiger partial charge in [0.05, 0.1) is 11.0 Å². The molecule has 1 aromatic carbocycles. The number of carbonyl (C=O) groups excluding carboxylic acids is 2. The normalized spacial score (nSPS) is 14.0. The molecule has 3 rings (SSSR count). The van der Waals surface area contributed by atoms with E-state index < -0.39 is 0 Å². The van der Waals surface area contributed by atoms with Crippen LogP contribution in [0.1, 0.15) is 25.1 Å². The van der Waals surface area contributed by atoms with E-state index in [0.717, 1.165) is 42.8 Å². The summed E-state index contributed by atoms with van der Waals surface area (Å²) in [5.74, 6) is 1.05. The number of rotatable bonds is 6. The quantitative estimate of drug-likeness (QED) is 0.837. The lowest BCUT2D eigenvalue weighted by Gasteiger charge is -2.15. The number of hydrogen-bond donors (Lipinski definition) is 2. The molecule has 0 saturated carbocycles. The first-order chi connectivity index (χ1) is 12.1. The molecule has 0 aliphatic carbocycles. The largest absolute Gasteiger partial charge is 0.343 e. The highest BCUT2D eigenvalue weighted by molar-refractivity contribution is 5.78. The zero-order valence-corrected chi connectivity index (χ0v) is 14.6. The number of nitrogens with one attached hydrogen (secondary N) is 2. The van der Waals surface area contributed by atoms with Gasteiger partial charge in [0.2, 0.25) is 5.91 Å². The van der Waals surface area contributed by atoms with Crippen LogP contribution in [0.3, 0.4) is 0 Å². The third-order valence-corrected chi connectivity index (χ3v) is 4.55. The molecule has 0 atom stereocenters. The van der Waals surface area contributed by atoms with E-state index in [9.17, 15) is 9.59 Å². The van der Waals surface area contributed by atoms with Crippen molar-refractivity contribution in [3.05, 3.63) is 30.1 Å². The third kappa shape index (κ3) is 4.29. The second-order valence-corrected chi connectivity index (χ2v) is 6.32. The SMILES string of the molecule is Cc1nc2ccccc2n1CCNC(=O)NCCC(=O)N1CCCC1. The van der Waals surface area contributed by atoms with Gasteiger partial charge in [0.1, 0.15) is 5.82 Å². The summed E-state index contributed by atoms with van der Waals surface area (Å²) in [6.45, 7) is 5.20. The van der Waals surface area contributed by atoms with Crippen LogP contribution in [-0.4, -0.2) is 52.6 Å². The monoisotopic (exact) mass is 343 g/mol. The molecule has 1 fully saturated rings. The summed E-state index contributed by atoms with van der Waals surface area (Å²) in [4.78, 5) is 30.1. The summed E-state index contributed by atoms with van der Waals surface area (Å²) in [5, 5.41) is 5.58. The van der Waals surface area contributed by atoms with E-state index in [1.54, 1.807) is 0 Å². The Morgan fingerprint density at radius 2 is 1.84 bits per heavy atom. The topological polar surface area (TPSA) is 79.3 Å². The molecule has 25 heavy (non-hydrogen) atoms. The Labute approximate surface area is 147 Å². The standard InChI is InChI=1S/C18H25N5O2/c1-14-21-15-6-2-3-7-16(15)23(14)13-10-20-18(25)19-9-8-17(24)22-11-4-5-12-22/h2-3,6-7H,4-5,8-13H2,1H3,(H2,19,20,25). The van der Waals surface area contributed by atoms with Gasteiger partial charge in [-0.2, -0.15) is 0 Å². The van der Waals surface area contributed by atoms with E-state index in [4.69, 9.17) is 0 Å². The van der Waals surface area contributed by atoms with Gasteiger partial charge < -0.3 is 20.1 Å². The van der Waals surface area contributed by atoms with Crippen LogP contribution >= 0.6 is 0 Å². The molecule has 0 radical (unpaired) electrons. The van der Waals surface area contributed by atoms with Crippen molar-refractivity contribution in [3.8, 4) is 0 Å². The molecule has 0 bridgehead atoms. The number of aryl methyl sites for hydroxylation is 1. The van der Waals surface area contributed by atoms with Gasteiger partial charge in [-0.15, -0.1) is 0 Å². The van der Waals surface area contributed by atoms with Crippen molar-refractivity contribution in [2.24, 2.45) is 0 Å². The number of hydrogen-bond acceptors (Lipinski definition) is 3. The van der Waals surface area contributed by atoms with Gasteiger partial charge in [0, 0.05) is 39.1 Å². The molecule has 7 nitrogen and oxygen atoms in total. The molecule has 134 valence electrons. The fourth-order valence-electron chi connectivity index (χ4n) is 3.23. The van der Waals surface area contributed by atoms with E-state index in [-0.39, 0.29) is 11.9 Å². The third-order valence-electron chi connectivity index (χ3n) is 4.55. The first kappa shape index (κ1) is 17.3. The molecular weight excluding hydrogens is 318 g/mol. The van der Waals surface area contributed by atoms with Crippen LogP contribution in [0.15, 0.2) is 24.3 Å². The van der Waals surface area contributed by atoms with Gasteiger partial charge in [-0.1, -0.05) is 12.1 Å². The first-order valence-corrected chi connectivity index (χ1v) is 8.86. The van der Waals surface area contributed by atoms with Gasteiger partial charge in [-0.05, 0) is 31.9 Å². The molecule has 2 heterocycles. The predicted molar refractivity (Wildman–Crippen MR) is 96.3 cm³/mol. The lowest BCUT2D eigenvalue weighted by molar-refractivity contribution is -0.129. The van der Waals surface area contributed by atoms with E-state index in [2.05, 4.69) is 20.2 Å². The summed E-state index contributed by atoms with van der Waals surface area (Å²) < 4.78 is 2.09. The maximum atomic E-state index is 11.9. The van der Waals surface area contributed by atoms with Crippen molar-refractivity contribution in [3.63, 3.8) is 0 Å². The van der Waals surface area contributed by atoms with Gasteiger partial charge in [0.15, 0.2) is 0 Å². The van der Waals surface area contributed by atoms with E-state index in [0.29, 0.717) is 26.1 Å². The summed E-state index contributed by atoms with van der Waals surface area (Å²) in [6.07, 6.45) is 2.53. The molecule has 1 aliphatic rings. The van der Waals surface area contributed by atoms with Crippen LogP contribution in [0.2, 0.25) is 0 Å². The fraction of sp³-hybridized carbons (Fsp3) is 0.500. The van der Waals surface area contributed by atoms with Gasteiger partial charge in [-0.25, -0.2) is 9.78 Å². The number of fused-ring (bicyclic) bond motifs is 1. The summed E-state index contributed by atoms with van der Waals surface area (Å²) in [7, 11) is 0. The number of benzene rings is 1. The first-order valence-electron chi connectivity index (χ1n) is 8.86. The molecule has 7 heteroatoms. The van der Waals surface area contributed by atoms with Crippen molar-refractivity contribution >= 4 is 23.0 Å². The molecule has 3 amide bonds.